The molecule has 0 aliphatic carbocycles. The number of thiazole rings is 1. The molecule has 2 amide bonds. The van der Waals surface area contributed by atoms with Crippen LogP contribution in [0.4, 0.5) is 9.93 Å². The lowest BCUT2D eigenvalue weighted by Crippen LogP contribution is -2.35. The predicted octanol–water partition coefficient (Wildman–Crippen LogP) is 3.59. The Morgan fingerprint density at radius 1 is 1.43 bits per heavy atom. The number of urea groups is 1. The van der Waals surface area contributed by atoms with E-state index in [1.807, 2.05) is 19.9 Å². The first-order valence-electron chi connectivity index (χ1n) is 6.82. The summed E-state index contributed by atoms with van der Waals surface area (Å²) in [5.74, 6) is 0.639. The van der Waals surface area contributed by atoms with Crippen LogP contribution < -0.4 is 10.1 Å². The SMILES string of the molecule is CCCN(CC)C(=O)Nc1ncc(Oc2cccnc2)s1. The molecule has 2 aromatic heterocycles. The Bertz CT molecular complexity index is 573. The van der Waals surface area contributed by atoms with Crippen LogP contribution in [-0.2, 0) is 0 Å². The Morgan fingerprint density at radius 3 is 2.95 bits per heavy atom. The highest BCUT2D eigenvalue weighted by atomic mass is 32.1. The molecule has 0 saturated heterocycles. The van der Waals surface area contributed by atoms with E-state index in [0.29, 0.717) is 22.5 Å². The first-order valence-corrected chi connectivity index (χ1v) is 7.64. The summed E-state index contributed by atoms with van der Waals surface area (Å²) in [5, 5.41) is 3.91. The van der Waals surface area contributed by atoms with E-state index in [1.54, 1.807) is 29.6 Å². The average Bonchev–Trinajstić information content (AvgIpc) is 2.92. The topological polar surface area (TPSA) is 67.4 Å². The second-order valence-corrected chi connectivity index (χ2v) is 5.28. The molecule has 0 spiro atoms. The molecule has 0 atom stereocenters. The van der Waals surface area contributed by atoms with Crippen molar-refractivity contribution in [1.82, 2.24) is 14.9 Å². The summed E-state index contributed by atoms with van der Waals surface area (Å²) >= 11 is 1.28. The number of hydrogen-bond acceptors (Lipinski definition) is 5. The maximum Gasteiger partial charge on any atom is 0.323 e. The molecule has 6 nitrogen and oxygen atoms in total. The van der Waals surface area contributed by atoms with Crippen molar-refractivity contribution in [3.05, 3.63) is 30.7 Å². The van der Waals surface area contributed by atoms with Crippen LogP contribution in [0.1, 0.15) is 20.3 Å². The lowest BCUT2D eigenvalue weighted by atomic mass is 10.4. The maximum atomic E-state index is 12.0. The van der Waals surface area contributed by atoms with Gasteiger partial charge in [0.25, 0.3) is 0 Å². The Balaban J connectivity index is 1.95. The zero-order chi connectivity index (χ0) is 15.1. The molecule has 112 valence electrons. The Labute approximate surface area is 127 Å². The third kappa shape index (κ3) is 4.42. The Kier molecular flexibility index (Phi) is 5.51. The second-order valence-electron chi connectivity index (χ2n) is 4.29. The molecule has 0 aromatic carbocycles. The van der Waals surface area contributed by atoms with Gasteiger partial charge in [0, 0.05) is 19.3 Å². The van der Waals surface area contributed by atoms with Crippen molar-refractivity contribution < 1.29 is 9.53 Å². The molecule has 0 aliphatic heterocycles. The Hall–Kier alpha value is -2.15. The molecular weight excluding hydrogens is 288 g/mol. The number of carbonyl (C=O) groups excluding carboxylic acids is 1. The summed E-state index contributed by atoms with van der Waals surface area (Å²) < 4.78 is 5.60. The predicted molar refractivity (Wildman–Crippen MR) is 83.0 cm³/mol. The van der Waals surface area contributed by atoms with Gasteiger partial charge in [-0.25, -0.2) is 9.78 Å². The van der Waals surface area contributed by atoms with Crippen molar-refractivity contribution in [2.45, 2.75) is 20.3 Å². The van der Waals surface area contributed by atoms with E-state index in [9.17, 15) is 4.79 Å². The summed E-state index contributed by atoms with van der Waals surface area (Å²) in [6, 6.07) is 3.47. The van der Waals surface area contributed by atoms with Crippen LogP contribution in [0.3, 0.4) is 0 Å². The largest absolute Gasteiger partial charge is 0.443 e. The smallest absolute Gasteiger partial charge is 0.323 e. The van der Waals surface area contributed by atoms with E-state index in [-0.39, 0.29) is 6.03 Å². The van der Waals surface area contributed by atoms with Crippen molar-refractivity contribution in [1.29, 1.82) is 0 Å². The van der Waals surface area contributed by atoms with Crippen LogP contribution in [0.2, 0.25) is 0 Å². The van der Waals surface area contributed by atoms with Gasteiger partial charge >= 0.3 is 6.03 Å². The fourth-order valence-corrected chi connectivity index (χ4v) is 2.41. The molecule has 0 bridgehead atoms. The fourth-order valence-electron chi connectivity index (χ4n) is 1.73. The summed E-state index contributed by atoms with van der Waals surface area (Å²) in [6.07, 6.45) is 5.81. The lowest BCUT2D eigenvalue weighted by Gasteiger charge is -2.19. The number of anilines is 1. The molecule has 21 heavy (non-hydrogen) atoms. The van der Waals surface area contributed by atoms with Crippen LogP contribution in [0.5, 0.6) is 10.8 Å². The minimum atomic E-state index is -0.137. The van der Waals surface area contributed by atoms with Gasteiger partial charge in [-0.3, -0.25) is 10.3 Å². The van der Waals surface area contributed by atoms with Crippen LogP contribution in [0, 0.1) is 0 Å². The van der Waals surface area contributed by atoms with Gasteiger partial charge in [-0.2, -0.15) is 0 Å². The van der Waals surface area contributed by atoms with Gasteiger partial charge in [0.2, 0.25) is 5.06 Å². The number of amides is 2. The molecule has 2 rings (SSSR count). The monoisotopic (exact) mass is 306 g/mol. The third-order valence-corrected chi connectivity index (χ3v) is 3.50. The van der Waals surface area contributed by atoms with Gasteiger partial charge in [-0.15, -0.1) is 0 Å². The minimum absolute atomic E-state index is 0.137. The number of ether oxygens (including phenoxy) is 1. The number of carbonyl (C=O) groups is 1. The van der Waals surface area contributed by atoms with Crippen LogP contribution in [0.25, 0.3) is 0 Å². The van der Waals surface area contributed by atoms with Crippen molar-refractivity contribution in [3.8, 4) is 10.8 Å². The van der Waals surface area contributed by atoms with Gasteiger partial charge in [0.05, 0.1) is 12.4 Å². The van der Waals surface area contributed by atoms with Gasteiger partial charge in [0.15, 0.2) is 5.13 Å². The fraction of sp³-hybridized carbons (Fsp3) is 0.357. The normalized spacial score (nSPS) is 10.2. The lowest BCUT2D eigenvalue weighted by molar-refractivity contribution is 0.214. The van der Waals surface area contributed by atoms with E-state index >= 15 is 0 Å². The zero-order valence-corrected chi connectivity index (χ0v) is 12.9. The first-order chi connectivity index (χ1) is 10.2. The molecule has 0 aliphatic rings. The van der Waals surface area contributed by atoms with Crippen LogP contribution in [0.15, 0.2) is 30.7 Å². The summed E-state index contributed by atoms with van der Waals surface area (Å²) in [5.41, 5.74) is 0. The number of aromatic nitrogens is 2. The number of pyridine rings is 1. The van der Waals surface area contributed by atoms with Gasteiger partial charge in [0.1, 0.15) is 5.75 Å². The average molecular weight is 306 g/mol. The van der Waals surface area contributed by atoms with Crippen LogP contribution >= 0.6 is 11.3 Å². The number of nitrogens with zero attached hydrogens (tertiary/aromatic N) is 3. The van der Waals surface area contributed by atoms with Crippen molar-refractivity contribution in [2.75, 3.05) is 18.4 Å². The zero-order valence-electron chi connectivity index (χ0n) is 12.1. The quantitative estimate of drug-likeness (QED) is 0.885. The molecule has 1 N–H and O–H groups in total. The molecule has 2 aromatic rings. The summed E-state index contributed by atoms with van der Waals surface area (Å²) in [4.78, 5) is 21.9. The first kappa shape index (κ1) is 15.2. The minimum Gasteiger partial charge on any atom is -0.443 e. The molecule has 0 unspecified atom stereocenters. The van der Waals surface area contributed by atoms with Crippen molar-refractivity contribution in [3.63, 3.8) is 0 Å². The summed E-state index contributed by atoms with van der Waals surface area (Å²) in [7, 11) is 0. The maximum absolute atomic E-state index is 12.0. The van der Waals surface area contributed by atoms with E-state index in [4.69, 9.17) is 4.74 Å². The van der Waals surface area contributed by atoms with E-state index in [1.165, 1.54) is 11.3 Å². The highest BCUT2D eigenvalue weighted by Crippen LogP contribution is 2.29. The van der Waals surface area contributed by atoms with Gasteiger partial charge < -0.3 is 9.64 Å². The second kappa shape index (κ2) is 7.58. The summed E-state index contributed by atoms with van der Waals surface area (Å²) in [6.45, 7) is 5.39. The highest BCUT2D eigenvalue weighted by Gasteiger charge is 2.13. The molecule has 0 saturated carbocycles. The number of nitrogens with one attached hydrogen (secondary N) is 1. The van der Waals surface area contributed by atoms with Gasteiger partial charge in [-0.05, 0) is 25.5 Å². The van der Waals surface area contributed by atoms with Crippen molar-refractivity contribution >= 4 is 22.5 Å². The highest BCUT2D eigenvalue weighted by molar-refractivity contribution is 7.17. The van der Waals surface area contributed by atoms with E-state index in [2.05, 4.69) is 15.3 Å². The van der Waals surface area contributed by atoms with E-state index < -0.39 is 0 Å². The molecule has 0 radical (unpaired) electrons. The Morgan fingerprint density at radius 2 is 2.29 bits per heavy atom. The van der Waals surface area contributed by atoms with E-state index in [0.717, 1.165) is 13.0 Å². The molecule has 0 fully saturated rings. The number of rotatable bonds is 6. The third-order valence-electron chi connectivity index (χ3n) is 2.71. The van der Waals surface area contributed by atoms with Gasteiger partial charge in [-0.1, -0.05) is 18.3 Å². The van der Waals surface area contributed by atoms with Crippen molar-refractivity contribution in [2.24, 2.45) is 0 Å². The van der Waals surface area contributed by atoms with Crippen LogP contribution in [-0.4, -0.2) is 34.0 Å². The molecule has 7 heteroatoms. The molecule has 2 heterocycles. The standard InChI is InChI=1S/C14H18N4O2S/c1-3-8-18(4-2)14(19)17-13-16-10-12(21-13)20-11-6-5-7-15-9-11/h5-7,9-10H,3-4,8H2,1-2H3,(H,16,17,19). The number of hydrogen-bond donors (Lipinski definition) is 1. The molecular formula is C14H18N4O2S.